The molecule has 23 heavy (non-hydrogen) atoms. The van der Waals surface area contributed by atoms with Gasteiger partial charge in [-0.05, 0) is 66.5 Å². The van der Waals surface area contributed by atoms with Crippen LogP contribution in [0.2, 0.25) is 0 Å². The van der Waals surface area contributed by atoms with Gasteiger partial charge in [-0.3, -0.25) is 4.68 Å². The molecule has 2 aromatic heterocycles. The molecule has 3 nitrogen and oxygen atoms in total. The molecule has 2 heterocycles. The standard InChI is InChI=1S/C18H17BrFN3/c1-18(2,3)23-11-15(12-7-8-21-16(19)10-12)17(22-23)13-5-4-6-14(20)9-13/h4-11H,1-3H3. The number of nitrogens with zero attached hydrogens (tertiary/aromatic N) is 3. The van der Waals surface area contributed by atoms with Gasteiger partial charge in [0.1, 0.15) is 16.1 Å². The molecule has 0 aliphatic carbocycles. The van der Waals surface area contributed by atoms with Gasteiger partial charge in [0.15, 0.2) is 0 Å². The van der Waals surface area contributed by atoms with E-state index in [9.17, 15) is 4.39 Å². The predicted molar refractivity (Wildman–Crippen MR) is 93.5 cm³/mol. The molecule has 0 aliphatic heterocycles. The summed E-state index contributed by atoms with van der Waals surface area (Å²) in [5.41, 5.74) is 3.30. The first kappa shape index (κ1) is 15.9. The van der Waals surface area contributed by atoms with E-state index in [1.807, 2.05) is 29.1 Å². The first-order valence-electron chi connectivity index (χ1n) is 7.32. The molecule has 0 unspecified atom stereocenters. The highest BCUT2D eigenvalue weighted by atomic mass is 79.9. The summed E-state index contributed by atoms with van der Waals surface area (Å²) in [4.78, 5) is 4.17. The summed E-state index contributed by atoms with van der Waals surface area (Å²) in [5, 5.41) is 4.71. The first-order valence-corrected chi connectivity index (χ1v) is 8.12. The van der Waals surface area contributed by atoms with E-state index in [1.165, 1.54) is 12.1 Å². The fourth-order valence-electron chi connectivity index (χ4n) is 2.35. The van der Waals surface area contributed by atoms with Crippen LogP contribution in [0, 0.1) is 5.82 Å². The lowest BCUT2D eigenvalue weighted by molar-refractivity contribution is 0.356. The van der Waals surface area contributed by atoms with Gasteiger partial charge in [-0.2, -0.15) is 5.10 Å². The van der Waals surface area contributed by atoms with Crippen LogP contribution in [0.15, 0.2) is 53.4 Å². The van der Waals surface area contributed by atoms with Crippen molar-refractivity contribution in [2.24, 2.45) is 0 Å². The predicted octanol–water partition coefficient (Wildman–Crippen LogP) is 5.27. The number of hydrogen-bond donors (Lipinski definition) is 0. The number of rotatable bonds is 2. The van der Waals surface area contributed by atoms with Crippen LogP contribution >= 0.6 is 15.9 Å². The number of halogens is 2. The van der Waals surface area contributed by atoms with E-state index in [4.69, 9.17) is 5.10 Å². The van der Waals surface area contributed by atoms with Crippen LogP contribution in [0.4, 0.5) is 4.39 Å². The molecule has 0 N–H and O–H groups in total. The second-order valence-electron chi connectivity index (χ2n) is 6.38. The van der Waals surface area contributed by atoms with Crippen molar-refractivity contribution in [3.8, 4) is 22.4 Å². The zero-order valence-electron chi connectivity index (χ0n) is 13.2. The molecule has 1 aromatic carbocycles. The third-order valence-electron chi connectivity index (χ3n) is 3.54. The molecule has 0 radical (unpaired) electrons. The summed E-state index contributed by atoms with van der Waals surface area (Å²) in [6, 6.07) is 10.4. The molecule has 0 bridgehead atoms. The SMILES string of the molecule is CC(C)(C)n1cc(-c2ccnc(Br)c2)c(-c2cccc(F)c2)n1. The van der Waals surface area contributed by atoms with Crippen LogP contribution in [-0.2, 0) is 5.54 Å². The monoisotopic (exact) mass is 373 g/mol. The molecule has 0 fully saturated rings. The van der Waals surface area contributed by atoms with Crippen LogP contribution < -0.4 is 0 Å². The number of benzene rings is 1. The minimum Gasteiger partial charge on any atom is -0.266 e. The van der Waals surface area contributed by atoms with Gasteiger partial charge in [0.05, 0.1) is 5.54 Å². The van der Waals surface area contributed by atoms with Gasteiger partial charge in [-0.25, -0.2) is 9.37 Å². The fourth-order valence-corrected chi connectivity index (χ4v) is 2.71. The Kier molecular flexibility index (Phi) is 4.06. The molecule has 0 spiro atoms. The smallest absolute Gasteiger partial charge is 0.123 e. The maximum Gasteiger partial charge on any atom is 0.123 e. The normalized spacial score (nSPS) is 11.7. The van der Waals surface area contributed by atoms with E-state index < -0.39 is 0 Å². The molecule has 0 aliphatic rings. The van der Waals surface area contributed by atoms with Gasteiger partial charge < -0.3 is 0 Å². The second-order valence-corrected chi connectivity index (χ2v) is 7.20. The maximum atomic E-state index is 13.6. The molecule has 118 valence electrons. The molecule has 3 aromatic rings. The minimum absolute atomic E-state index is 0.162. The second kappa shape index (κ2) is 5.89. The highest BCUT2D eigenvalue weighted by Gasteiger charge is 2.20. The summed E-state index contributed by atoms with van der Waals surface area (Å²) in [5.74, 6) is -0.269. The highest BCUT2D eigenvalue weighted by molar-refractivity contribution is 9.10. The summed E-state index contributed by atoms with van der Waals surface area (Å²) >= 11 is 3.40. The summed E-state index contributed by atoms with van der Waals surface area (Å²) in [6.07, 6.45) is 3.74. The molecule has 3 rings (SSSR count). The van der Waals surface area contributed by atoms with Crippen LogP contribution in [0.5, 0.6) is 0 Å². The third-order valence-corrected chi connectivity index (χ3v) is 3.97. The van der Waals surface area contributed by atoms with Crippen LogP contribution in [0.25, 0.3) is 22.4 Å². The van der Waals surface area contributed by atoms with E-state index in [0.717, 1.165) is 27.0 Å². The fraction of sp³-hybridized carbons (Fsp3) is 0.222. The van der Waals surface area contributed by atoms with Crippen LogP contribution in [-0.4, -0.2) is 14.8 Å². The van der Waals surface area contributed by atoms with E-state index >= 15 is 0 Å². The lowest BCUT2D eigenvalue weighted by atomic mass is 10.0. The number of hydrogen-bond acceptors (Lipinski definition) is 2. The number of aromatic nitrogens is 3. The Bertz CT molecular complexity index is 786. The van der Waals surface area contributed by atoms with Gasteiger partial charge in [-0.1, -0.05) is 12.1 Å². The van der Waals surface area contributed by atoms with Gasteiger partial charge >= 0.3 is 0 Å². The Hall–Kier alpha value is -2.01. The van der Waals surface area contributed by atoms with Crippen molar-refractivity contribution >= 4 is 15.9 Å². The Morgan fingerprint density at radius 1 is 1.09 bits per heavy atom. The third kappa shape index (κ3) is 3.34. The summed E-state index contributed by atoms with van der Waals surface area (Å²) < 4.78 is 16.3. The Morgan fingerprint density at radius 2 is 1.87 bits per heavy atom. The zero-order chi connectivity index (χ0) is 16.6. The van der Waals surface area contributed by atoms with E-state index in [2.05, 4.69) is 41.7 Å². The van der Waals surface area contributed by atoms with E-state index in [1.54, 1.807) is 12.3 Å². The number of pyridine rings is 1. The van der Waals surface area contributed by atoms with Crippen molar-refractivity contribution in [3.05, 3.63) is 59.2 Å². The van der Waals surface area contributed by atoms with E-state index in [0.29, 0.717) is 0 Å². The van der Waals surface area contributed by atoms with Crippen molar-refractivity contribution in [1.82, 2.24) is 14.8 Å². The average Bonchev–Trinajstić information content (AvgIpc) is 2.92. The van der Waals surface area contributed by atoms with Gasteiger partial charge in [0, 0.05) is 23.5 Å². The Morgan fingerprint density at radius 3 is 2.52 bits per heavy atom. The maximum absolute atomic E-state index is 13.6. The Balaban J connectivity index is 2.23. The molecule has 0 saturated carbocycles. The minimum atomic E-state index is -0.269. The van der Waals surface area contributed by atoms with Crippen LogP contribution in [0.1, 0.15) is 20.8 Å². The lowest BCUT2D eigenvalue weighted by Gasteiger charge is -2.18. The molecule has 0 saturated heterocycles. The molecular weight excluding hydrogens is 357 g/mol. The van der Waals surface area contributed by atoms with Crippen molar-refractivity contribution in [2.75, 3.05) is 0 Å². The summed E-state index contributed by atoms with van der Waals surface area (Å²) in [6.45, 7) is 6.25. The van der Waals surface area contributed by atoms with Gasteiger partial charge in [0.25, 0.3) is 0 Å². The molecule has 5 heteroatoms. The first-order chi connectivity index (χ1) is 10.8. The van der Waals surface area contributed by atoms with Gasteiger partial charge in [-0.15, -0.1) is 0 Å². The lowest BCUT2D eigenvalue weighted by Crippen LogP contribution is -2.22. The van der Waals surface area contributed by atoms with Crippen molar-refractivity contribution in [3.63, 3.8) is 0 Å². The van der Waals surface area contributed by atoms with Crippen molar-refractivity contribution in [1.29, 1.82) is 0 Å². The van der Waals surface area contributed by atoms with Gasteiger partial charge in [0.2, 0.25) is 0 Å². The molecular formula is C18H17BrFN3. The summed E-state index contributed by atoms with van der Waals surface area (Å²) in [7, 11) is 0. The topological polar surface area (TPSA) is 30.7 Å². The van der Waals surface area contributed by atoms with Crippen molar-refractivity contribution in [2.45, 2.75) is 26.3 Å². The van der Waals surface area contributed by atoms with Crippen LogP contribution in [0.3, 0.4) is 0 Å². The highest BCUT2D eigenvalue weighted by Crippen LogP contribution is 2.33. The zero-order valence-corrected chi connectivity index (χ0v) is 14.8. The van der Waals surface area contributed by atoms with E-state index in [-0.39, 0.29) is 11.4 Å². The Labute approximate surface area is 143 Å². The average molecular weight is 374 g/mol. The van der Waals surface area contributed by atoms with Crippen molar-refractivity contribution < 1.29 is 4.39 Å². The molecule has 0 amide bonds. The molecule has 0 atom stereocenters. The largest absolute Gasteiger partial charge is 0.266 e. The quantitative estimate of drug-likeness (QED) is 0.573.